The van der Waals surface area contributed by atoms with Gasteiger partial charge in [-0.1, -0.05) is 0 Å². The topological polar surface area (TPSA) is 82.2 Å². The van der Waals surface area contributed by atoms with Crippen molar-refractivity contribution in [1.29, 1.82) is 0 Å². The summed E-state index contributed by atoms with van der Waals surface area (Å²) in [5.74, 6) is 1.57. The van der Waals surface area contributed by atoms with Crippen LogP contribution in [0.4, 0.5) is 5.82 Å². The van der Waals surface area contributed by atoms with Crippen LogP contribution in [-0.2, 0) is 0 Å². The van der Waals surface area contributed by atoms with Gasteiger partial charge in [0.2, 0.25) is 5.82 Å². The molecule has 3 aromatic heterocycles. The molecular weight excluding hydrogens is 194 g/mol. The lowest BCUT2D eigenvalue weighted by Crippen LogP contribution is -1.98. The summed E-state index contributed by atoms with van der Waals surface area (Å²) in [6.07, 6.45) is 1.57. The van der Waals surface area contributed by atoms with Crippen LogP contribution in [0, 0.1) is 0 Å². The summed E-state index contributed by atoms with van der Waals surface area (Å²) >= 11 is 0. The summed E-state index contributed by atoms with van der Waals surface area (Å²) in [6, 6.07) is 7.00. The van der Waals surface area contributed by atoms with E-state index < -0.39 is 0 Å². The lowest BCUT2D eigenvalue weighted by atomic mass is 10.4. The molecule has 6 nitrogen and oxygen atoms in total. The van der Waals surface area contributed by atoms with E-state index in [1.54, 1.807) is 35.0 Å². The third kappa shape index (κ3) is 1.15. The van der Waals surface area contributed by atoms with Crippen LogP contribution in [0.15, 0.2) is 34.9 Å². The van der Waals surface area contributed by atoms with Crippen LogP contribution < -0.4 is 5.73 Å². The summed E-state index contributed by atoms with van der Waals surface area (Å²) in [5, 5.41) is 12.0. The van der Waals surface area contributed by atoms with E-state index >= 15 is 0 Å². The standard InChI is InChI=1S/C9H7N5O/c10-7-3-4-8-11-12-9(14(8)13-7)6-2-1-5-15-6/h1-5H,(H2,10,13). The van der Waals surface area contributed by atoms with E-state index in [2.05, 4.69) is 15.3 Å². The fourth-order valence-electron chi connectivity index (χ4n) is 1.36. The van der Waals surface area contributed by atoms with E-state index in [-0.39, 0.29) is 0 Å². The average molecular weight is 201 g/mol. The first kappa shape index (κ1) is 7.98. The highest BCUT2D eigenvalue weighted by atomic mass is 16.3. The third-order valence-electron chi connectivity index (χ3n) is 2.03. The maximum Gasteiger partial charge on any atom is 0.220 e. The molecule has 0 saturated carbocycles. The van der Waals surface area contributed by atoms with Crippen molar-refractivity contribution in [3.63, 3.8) is 0 Å². The van der Waals surface area contributed by atoms with Crippen LogP contribution in [0.2, 0.25) is 0 Å². The summed E-state index contributed by atoms with van der Waals surface area (Å²) < 4.78 is 6.77. The van der Waals surface area contributed by atoms with Gasteiger partial charge in [-0.05, 0) is 24.3 Å². The summed E-state index contributed by atoms with van der Waals surface area (Å²) in [4.78, 5) is 0. The predicted octanol–water partition coefficient (Wildman–Crippen LogP) is 0.966. The van der Waals surface area contributed by atoms with Gasteiger partial charge in [-0.2, -0.15) is 4.52 Å². The minimum atomic E-state index is 0.412. The largest absolute Gasteiger partial charge is 0.461 e. The minimum absolute atomic E-state index is 0.412. The lowest BCUT2D eigenvalue weighted by molar-refractivity contribution is 0.574. The summed E-state index contributed by atoms with van der Waals surface area (Å²) in [7, 11) is 0. The van der Waals surface area contributed by atoms with Crippen molar-refractivity contribution in [2.24, 2.45) is 0 Å². The monoisotopic (exact) mass is 201 g/mol. The van der Waals surface area contributed by atoms with Gasteiger partial charge in [-0.3, -0.25) is 0 Å². The van der Waals surface area contributed by atoms with Gasteiger partial charge in [-0.15, -0.1) is 15.3 Å². The SMILES string of the molecule is Nc1ccc2nnc(-c3ccco3)n2n1. The highest BCUT2D eigenvalue weighted by Crippen LogP contribution is 2.17. The average Bonchev–Trinajstić information content (AvgIpc) is 2.83. The maximum absolute atomic E-state index is 5.59. The summed E-state index contributed by atoms with van der Waals surface area (Å²) in [5.41, 5.74) is 6.22. The number of nitrogen functional groups attached to an aromatic ring is 1. The molecule has 0 saturated heterocycles. The van der Waals surface area contributed by atoms with E-state index in [0.717, 1.165) is 0 Å². The second-order valence-electron chi connectivity index (χ2n) is 3.03. The zero-order valence-corrected chi connectivity index (χ0v) is 7.66. The molecule has 0 radical (unpaired) electrons. The fourth-order valence-corrected chi connectivity index (χ4v) is 1.36. The number of nitrogens with two attached hydrogens (primary N) is 1. The summed E-state index contributed by atoms with van der Waals surface area (Å²) in [6.45, 7) is 0. The molecule has 0 unspecified atom stereocenters. The van der Waals surface area contributed by atoms with Gasteiger partial charge in [0.05, 0.1) is 6.26 Å². The van der Waals surface area contributed by atoms with Crippen molar-refractivity contribution in [2.45, 2.75) is 0 Å². The Morgan fingerprint density at radius 1 is 1.20 bits per heavy atom. The number of hydrogen-bond acceptors (Lipinski definition) is 5. The molecule has 0 bridgehead atoms. The zero-order chi connectivity index (χ0) is 10.3. The number of rotatable bonds is 1. The Kier molecular flexibility index (Phi) is 1.49. The molecule has 0 aliphatic heterocycles. The first-order valence-corrected chi connectivity index (χ1v) is 4.36. The first-order valence-electron chi connectivity index (χ1n) is 4.36. The maximum atomic E-state index is 5.59. The quantitative estimate of drug-likeness (QED) is 0.634. The van der Waals surface area contributed by atoms with Gasteiger partial charge >= 0.3 is 0 Å². The van der Waals surface area contributed by atoms with Crippen molar-refractivity contribution in [2.75, 3.05) is 5.73 Å². The zero-order valence-electron chi connectivity index (χ0n) is 7.66. The van der Waals surface area contributed by atoms with Crippen molar-refractivity contribution in [3.8, 4) is 11.6 Å². The van der Waals surface area contributed by atoms with E-state index in [9.17, 15) is 0 Å². The Labute approximate surface area is 84.3 Å². The second kappa shape index (κ2) is 2.81. The molecule has 0 aliphatic rings. The van der Waals surface area contributed by atoms with Gasteiger partial charge in [0.25, 0.3) is 0 Å². The smallest absolute Gasteiger partial charge is 0.220 e. The highest BCUT2D eigenvalue weighted by molar-refractivity contribution is 5.53. The van der Waals surface area contributed by atoms with Gasteiger partial charge in [0.1, 0.15) is 5.82 Å². The molecule has 0 aliphatic carbocycles. The lowest BCUT2D eigenvalue weighted by Gasteiger charge is -1.95. The molecule has 2 N–H and O–H groups in total. The molecule has 0 fully saturated rings. The van der Waals surface area contributed by atoms with E-state index in [4.69, 9.17) is 10.2 Å². The van der Waals surface area contributed by atoms with Crippen molar-refractivity contribution < 1.29 is 4.42 Å². The molecule has 0 atom stereocenters. The number of aromatic nitrogens is 4. The van der Waals surface area contributed by atoms with E-state index in [1.165, 1.54) is 0 Å². The Balaban J connectivity index is 2.32. The number of nitrogens with zero attached hydrogens (tertiary/aromatic N) is 4. The van der Waals surface area contributed by atoms with Gasteiger partial charge in [0.15, 0.2) is 11.4 Å². The molecule has 0 spiro atoms. The molecule has 3 aromatic rings. The molecule has 0 aromatic carbocycles. The van der Waals surface area contributed by atoms with E-state index in [1.807, 2.05) is 0 Å². The highest BCUT2D eigenvalue weighted by Gasteiger charge is 2.11. The van der Waals surface area contributed by atoms with E-state index in [0.29, 0.717) is 23.0 Å². The second-order valence-corrected chi connectivity index (χ2v) is 3.03. The van der Waals surface area contributed by atoms with Crippen molar-refractivity contribution in [3.05, 3.63) is 30.5 Å². The predicted molar refractivity (Wildman–Crippen MR) is 52.9 cm³/mol. The number of anilines is 1. The molecule has 15 heavy (non-hydrogen) atoms. The molecular formula is C9H7N5O. The number of fused-ring (bicyclic) bond motifs is 1. The van der Waals surface area contributed by atoms with Crippen LogP contribution in [0.1, 0.15) is 0 Å². The molecule has 0 amide bonds. The Bertz CT molecular complexity index is 598. The number of furan rings is 1. The van der Waals surface area contributed by atoms with Crippen LogP contribution in [0.3, 0.4) is 0 Å². The minimum Gasteiger partial charge on any atom is -0.461 e. The van der Waals surface area contributed by atoms with Gasteiger partial charge in [0, 0.05) is 0 Å². The third-order valence-corrected chi connectivity index (χ3v) is 2.03. The Morgan fingerprint density at radius 2 is 2.13 bits per heavy atom. The van der Waals surface area contributed by atoms with Gasteiger partial charge in [-0.25, -0.2) is 0 Å². The Morgan fingerprint density at radius 3 is 2.93 bits per heavy atom. The van der Waals surface area contributed by atoms with Crippen LogP contribution >= 0.6 is 0 Å². The first-order chi connectivity index (χ1) is 7.34. The van der Waals surface area contributed by atoms with Crippen LogP contribution in [0.5, 0.6) is 0 Å². The van der Waals surface area contributed by atoms with Crippen molar-refractivity contribution in [1.82, 2.24) is 19.8 Å². The van der Waals surface area contributed by atoms with Crippen LogP contribution in [-0.4, -0.2) is 19.8 Å². The van der Waals surface area contributed by atoms with Crippen molar-refractivity contribution >= 4 is 11.5 Å². The molecule has 3 rings (SSSR count). The van der Waals surface area contributed by atoms with Crippen LogP contribution in [0.25, 0.3) is 17.2 Å². The normalized spacial score (nSPS) is 10.9. The number of hydrogen-bond donors (Lipinski definition) is 1. The molecule has 3 heterocycles. The van der Waals surface area contributed by atoms with Gasteiger partial charge < -0.3 is 10.2 Å². The molecule has 6 heteroatoms. The Hall–Kier alpha value is -2.37. The fraction of sp³-hybridized carbons (Fsp3) is 0. The molecule has 74 valence electrons.